The van der Waals surface area contributed by atoms with Gasteiger partial charge >= 0.3 is 0 Å². The topological polar surface area (TPSA) is 81.4 Å². The molecule has 8 heteroatoms. The van der Waals surface area contributed by atoms with E-state index in [-0.39, 0.29) is 33.4 Å². The molecule has 0 spiro atoms. The Morgan fingerprint density at radius 1 is 1.50 bits per heavy atom. The average Bonchev–Trinajstić information content (AvgIpc) is 2.77. The van der Waals surface area contributed by atoms with Gasteiger partial charge in [-0.15, -0.1) is 0 Å². The molecule has 18 heavy (non-hydrogen) atoms. The van der Waals surface area contributed by atoms with Gasteiger partial charge < -0.3 is 0 Å². The normalized spacial score (nSPS) is 11.9. The smallest absolute Gasteiger partial charge is 0.235 e. The lowest BCUT2D eigenvalue weighted by atomic mass is 10.3. The third kappa shape index (κ3) is 2.05. The summed E-state index contributed by atoms with van der Waals surface area (Å²) in [5.74, 6) is -0.278. The summed E-state index contributed by atoms with van der Waals surface area (Å²) in [6.45, 7) is 1.52. The van der Waals surface area contributed by atoms with Gasteiger partial charge in [0.15, 0.2) is 20.6 Å². The average molecular weight is 332 g/mol. The van der Waals surface area contributed by atoms with Crippen molar-refractivity contribution >= 4 is 37.3 Å². The van der Waals surface area contributed by atoms with Crippen LogP contribution in [0.2, 0.25) is 0 Å². The van der Waals surface area contributed by atoms with Gasteiger partial charge in [-0.1, -0.05) is 22.9 Å². The SMILES string of the molecule is CCS(=O)(=O)c1c(C(=O)CBr)nc2ncccn12. The second-order valence-electron chi connectivity index (χ2n) is 3.52. The number of ketones is 1. The Balaban J connectivity index is 2.86. The third-order valence-electron chi connectivity index (χ3n) is 2.42. The van der Waals surface area contributed by atoms with Gasteiger partial charge in [-0.3, -0.25) is 9.20 Å². The molecule has 0 saturated carbocycles. The summed E-state index contributed by atoms with van der Waals surface area (Å²) < 4.78 is 25.5. The molecule has 2 aromatic rings. The van der Waals surface area contributed by atoms with Crippen molar-refractivity contribution in [3.63, 3.8) is 0 Å². The molecular weight excluding hydrogens is 322 g/mol. The molecule has 0 atom stereocenters. The van der Waals surface area contributed by atoms with Crippen molar-refractivity contribution in [1.29, 1.82) is 0 Å². The number of Topliss-reactive ketones (excluding diaryl/α,β-unsaturated/α-hetero) is 1. The molecule has 6 nitrogen and oxygen atoms in total. The van der Waals surface area contributed by atoms with E-state index in [9.17, 15) is 13.2 Å². The standard InChI is InChI=1S/C10H10BrN3O3S/c1-2-18(16,17)9-8(7(15)6-11)13-10-12-4-3-5-14(9)10/h3-5H,2,6H2,1H3. The summed E-state index contributed by atoms with van der Waals surface area (Å²) >= 11 is 3.02. The number of hydrogen-bond donors (Lipinski definition) is 0. The van der Waals surface area contributed by atoms with Crippen molar-refractivity contribution in [3.8, 4) is 0 Å². The molecule has 96 valence electrons. The van der Waals surface area contributed by atoms with Gasteiger partial charge in [0.25, 0.3) is 0 Å². The van der Waals surface area contributed by atoms with Crippen LogP contribution in [0, 0.1) is 0 Å². The Bertz CT molecular complexity index is 708. The van der Waals surface area contributed by atoms with Crippen LogP contribution in [0.25, 0.3) is 5.78 Å². The van der Waals surface area contributed by atoms with Gasteiger partial charge in [0.2, 0.25) is 5.78 Å². The lowest BCUT2D eigenvalue weighted by Gasteiger charge is -2.02. The third-order valence-corrected chi connectivity index (χ3v) is 4.67. The highest BCUT2D eigenvalue weighted by atomic mass is 79.9. The fourth-order valence-electron chi connectivity index (χ4n) is 1.55. The number of carbonyl (C=O) groups is 1. The first-order valence-electron chi connectivity index (χ1n) is 5.16. The minimum atomic E-state index is -3.55. The molecule has 0 fully saturated rings. The summed E-state index contributed by atoms with van der Waals surface area (Å²) in [5, 5.41) is -0.0686. The maximum Gasteiger partial charge on any atom is 0.235 e. The molecule has 2 aromatic heterocycles. The van der Waals surface area contributed by atoms with Gasteiger partial charge in [0, 0.05) is 12.4 Å². The van der Waals surface area contributed by atoms with Crippen LogP contribution < -0.4 is 0 Å². The van der Waals surface area contributed by atoms with Crippen molar-refractivity contribution in [2.24, 2.45) is 0 Å². The largest absolute Gasteiger partial charge is 0.291 e. The zero-order valence-corrected chi connectivity index (χ0v) is 11.9. The van der Waals surface area contributed by atoms with Crippen LogP contribution >= 0.6 is 15.9 Å². The second-order valence-corrected chi connectivity index (χ2v) is 6.27. The number of aromatic nitrogens is 3. The summed E-state index contributed by atoms with van der Waals surface area (Å²) in [6, 6.07) is 1.59. The van der Waals surface area contributed by atoms with Crippen molar-refractivity contribution in [2.75, 3.05) is 11.1 Å². The number of sulfone groups is 1. The van der Waals surface area contributed by atoms with E-state index >= 15 is 0 Å². The fourth-order valence-corrected chi connectivity index (χ4v) is 2.98. The van der Waals surface area contributed by atoms with Crippen LogP contribution in [0.4, 0.5) is 0 Å². The van der Waals surface area contributed by atoms with Crippen LogP contribution in [0.3, 0.4) is 0 Å². The number of alkyl halides is 1. The van der Waals surface area contributed by atoms with Crippen molar-refractivity contribution in [2.45, 2.75) is 11.9 Å². The van der Waals surface area contributed by atoms with E-state index in [0.29, 0.717) is 0 Å². The predicted molar refractivity (Wildman–Crippen MR) is 68.8 cm³/mol. The van der Waals surface area contributed by atoms with Gasteiger partial charge in [-0.2, -0.15) is 0 Å². The minimum absolute atomic E-state index is 0.0170. The van der Waals surface area contributed by atoms with Crippen molar-refractivity contribution in [1.82, 2.24) is 14.4 Å². The van der Waals surface area contributed by atoms with Crippen molar-refractivity contribution in [3.05, 3.63) is 24.2 Å². The zero-order valence-electron chi connectivity index (χ0n) is 9.50. The van der Waals surface area contributed by atoms with E-state index in [1.165, 1.54) is 23.7 Å². The summed E-state index contributed by atoms with van der Waals surface area (Å²) in [7, 11) is -3.55. The Kier molecular flexibility index (Phi) is 3.49. The summed E-state index contributed by atoms with van der Waals surface area (Å²) in [5.41, 5.74) is -0.0626. The monoisotopic (exact) mass is 331 g/mol. The Morgan fingerprint density at radius 3 is 2.83 bits per heavy atom. The molecule has 2 heterocycles. The van der Waals surface area contributed by atoms with Crippen LogP contribution in [-0.4, -0.2) is 39.7 Å². The summed E-state index contributed by atoms with van der Waals surface area (Å²) in [6.07, 6.45) is 3.02. The number of imidazole rings is 1. The molecule has 0 N–H and O–H groups in total. The highest BCUT2D eigenvalue weighted by molar-refractivity contribution is 9.09. The fraction of sp³-hybridized carbons (Fsp3) is 0.300. The maximum atomic E-state index is 12.1. The molecule has 0 radical (unpaired) electrons. The Labute approximate surface area is 112 Å². The van der Waals surface area contributed by atoms with Gasteiger partial charge in [-0.05, 0) is 6.07 Å². The Morgan fingerprint density at radius 2 is 2.22 bits per heavy atom. The number of fused-ring (bicyclic) bond motifs is 1. The van der Waals surface area contributed by atoms with Gasteiger partial charge in [0.05, 0.1) is 11.1 Å². The maximum absolute atomic E-state index is 12.1. The summed E-state index contributed by atoms with van der Waals surface area (Å²) in [4.78, 5) is 19.7. The molecule has 0 unspecified atom stereocenters. The number of carbonyl (C=O) groups excluding carboxylic acids is 1. The molecule has 0 amide bonds. The van der Waals surface area contributed by atoms with Crippen LogP contribution in [0.5, 0.6) is 0 Å². The number of rotatable bonds is 4. The molecular formula is C10H10BrN3O3S. The molecule has 2 rings (SSSR count). The number of halogens is 1. The molecule has 0 aliphatic carbocycles. The number of nitrogens with zero attached hydrogens (tertiary/aromatic N) is 3. The van der Waals surface area contributed by atoms with E-state index in [4.69, 9.17) is 0 Å². The second kappa shape index (κ2) is 4.77. The van der Waals surface area contributed by atoms with Crippen molar-refractivity contribution < 1.29 is 13.2 Å². The minimum Gasteiger partial charge on any atom is -0.291 e. The molecule has 0 aromatic carbocycles. The highest BCUT2D eigenvalue weighted by Crippen LogP contribution is 2.19. The lowest BCUT2D eigenvalue weighted by molar-refractivity contribution is 0.101. The molecule has 0 aliphatic heterocycles. The van der Waals surface area contributed by atoms with Gasteiger partial charge in [-0.25, -0.2) is 18.4 Å². The van der Waals surface area contributed by atoms with E-state index in [1.54, 1.807) is 6.07 Å². The van der Waals surface area contributed by atoms with Gasteiger partial charge in [0.1, 0.15) is 5.69 Å². The quantitative estimate of drug-likeness (QED) is 0.619. The van der Waals surface area contributed by atoms with Crippen LogP contribution in [-0.2, 0) is 9.84 Å². The number of hydrogen-bond acceptors (Lipinski definition) is 5. The van der Waals surface area contributed by atoms with Crippen LogP contribution in [0.1, 0.15) is 17.4 Å². The Hall–Kier alpha value is -1.28. The molecule has 0 saturated heterocycles. The predicted octanol–water partition coefficient (Wildman–Crippen LogP) is 1.10. The zero-order chi connectivity index (χ0) is 13.3. The molecule has 0 aliphatic rings. The first-order chi connectivity index (χ1) is 8.51. The molecule has 0 bridgehead atoms. The van der Waals surface area contributed by atoms with E-state index in [0.717, 1.165) is 0 Å². The first kappa shape index (κ1) is 13.2. The van der Waals surface area contributed by atoms with E-state index < -0.39 is 9.84 Å². The van der Waals surface area contributed by atoms with Crippen LogP contribution in [0.15, 0.2) is 23.5 Å². The van der Waals surface area contributed by atoms with E-state index in [1.807, 2.05) is 0 Å². The first-order valence-corrected chi connectivity index (χ1v) is 7.93. The highest BCUT2D eigenvalue weighted by Gasteiger charge is 2.27. The lowest BCUT2D eigenvalue weighted by Crippen LogP contribution is -2.13. The van der Waals surface area contributed by atoms with E-state index in [2.05, 4.69) is 25.9 Å².